The lowest BCUT2D eigenvalue weighted by Gasteiger charge is -2.29. The number of hydrogen-bond acceptors (Lipinski definition) is 5. The predicted molar refractivity (Wildman–Crippen MR) is 118 cm³/mol. The number of rotatable bonds is 7. The molecule has 2 heterocycles. The number of piperidine rings is 1. The van der Waals surface area contributed by atoms with Gasteiger partial charge in [0.05, 0.1) is 0 Å². The summed E-state index contributed by atoms with van der Waals surface area (Å²) in [6.45, 7) is -2.74. The Labute approximate surface area is 198 Å². The molecule has 178 valence electrons. The van der Waals surface area contributed by atoms with Crippen molar-refractivity contribution in [3.63, 3.8) is 0 Å². The molecule has 1 atom stereocenters. The van der Waals surface area contributed by atoms with Crippen LogP contribution >= 0.6 is 11.6 Å². The Bertz CT molecular complexity index is 1170. The number of nitrogens with one attached hydrogen (secondary N) is 2. The molecular formula is C23H20ClF2N3O5. The second kappa shape index (κ2) is 9.76. The zero-order valence-corrected chi connectivity index (χ0v) is 18.5. The summed E-state index contributed by atoms with van der Waals surface area (Å²) in [5.41, 5.74) is 2.21. The molecule has 2 aromatic carbocycles. The average molecular weight is 492 g/mol. The van der Waals surface area contributed by atoms with Gasteiger partial charge in [-0.05, 0) is 42.2 Å². The number of anilines is 1. The van der Waals surface area contributed by atoms with Crippen molar-refractivity contribution in [3.05, 3.63) is 58.1 Å². The van der Waals surface area contributed by atoms with Crippen LogP contribution in [0.4, 0.5) is 14.5 Å². The molecule has 0 saturated carbocycles. The third-order valence-electron chi connectivity index (χ3n) is 5.61. The van der Waals surface area contributed by atoms with Gasteiger partial charge in [-0.15, -0.1) is 0 Å². The van der Waals surface area contributed by atoms with Gasteiger partial charge in [0.25, 0.3) is 5.91 Å². The Morgan fingerprint density at radius 1 is 1.21 bits per heavy atom. The molecule has 0 aromatic heterocycles. The van der Waals surface area contributed by atoms with E-state index in [0.29, 0.717) is 12.0 Å². The molecule has 1 unspecified atom stereocenters. The highest BCUT2D eigenvalue weighted by Gasteiger charge is 2.39. The Hall–Kier alpha value is -3.53. The summed E-state index contributed by atoms with van der Waals surface area (Å²) >= 11 is 5.89. The normalized spacial score (nSPS) is 17.6. The van der Waals surface area contributed by atoms with E-state index in [2.05, 4.69) is 15.4 Å². The highest BCUT2D eigenvalue weighted by Crippen LogP contribution is 2.29. The molecule has 0 spiro atoms. The topological polar surface area (TPSA) is 105 Å². The minimum atomic E-state index is -3.02. The lowest BCUT2D eigenvalue weighted by Crippen LogP contribution is -2.52. The average Bonchev–Trinajstić information content (AvgIpc) is 3.07. The minimum absolute atomic E-state index is 0.0708. The molecule has 0 aliphatic carbocycles. The Balaban J connectivity index is 1.37. The van der Waals surface area contributed by atoms with E-state index in [4.69, 9.17) is 11.6 Å². The van der Waals surface area contributed by atoms with E-state index in [-0.39, 0.29) is 60.0 Å². The first kappa shape index (κ1) is 23.6. The molecule has 2 aliphatic rings. The highest BCUT2D eigenvalue weighted by atomic mass is 35.5. The number of halogens is 3. The number of carbonyl (C=O) groups is 4. The molecule has 11 heteroatoms. The van der Waals surface area contributed by atoms with Crippen molar-refractivity contribution >= 4 is 40.9 Å². The van der Waals surface area contributed by atoms with Gasteiger partial charge in [0, 0.05) is 41.7 Å². The quantitative estimate of drug-likeness (QED) is 0.578. The molecule has 0 bridgehead atoms. The van der Waals surface area contributed by atoms with Crippen molar-refractivity contribution < 1.29 is 32.7 Å². The second-order valence-electron chi connectivity index (χ2n) is 7.99. The van der Waals surface area contributed by atoms with E-state index in [9.17, 15) is 28.0 Å². The van der Waals surface area contributed by atoms with Crippen molar-refractivity contribution in [1.29, 1.82) is 0 Å². The van der Waals surface area contributed by atoms with E-state index < -0.39 is 18.6 Å². The number of ether oxygens (including phenoxy) is 1. The first-order chi connectivity index (χ1) is 16.2. The summed E-state index contributed by atoms with van der Waals surface area (Å²) in [4.78, 5) is 50.3. The fourth-order valence-corrected chi connectivity index (χ4v) is 4.27. The largest absolute Gasteiger partial charge is 0.435 e. The van der Waals surface area contributed by atoms with Crippen molar-refractivity contribution in [2.45, 2.75) is 44.9 Å². The first-order valence-corrected chi connectivity index (χ1v) is 10.9. The van der Waals surface area contributed by atoms with Gasteiger partial charge in [-0.25, -0.2) is 0 Å². The number of imide groups is 1. The zero-order chi connectivity index (χ0) is 24.4. The third kappa shape index (κ3) is 5.33. The van der Waals surface area contributed by atoms with Gasteiger partial charge in [-0.1, -0.05) is 23.7 Å². The van der Waals surface area contributed by atoms with Crippen LogP contribution in [-0.2, 0) is 27.3 Å². The van der Waals surface area contributed by atoms with Gasteiger partial charge in [0.15, 0.2) is 0 Å². The van der Waals surface area contributed by atoms with Crippen LogP contribution in [0.1, 0.15) is 40.7 Å². The van der Waals surface area contributed by atoms with Crippen LogP contribution in [-0.4, -0.2) is 41.2 Å². The van der Waals surface area contributed by atoms with Gasteiger partial charge >= 0.3 is 6.61 Å². The van der Waals surface area contributed by atoms with E-state index in [0.717, 1.165) is 11.1 Å². The summed E-state index contributed by atoms with van der Waals surface area (Å²) < 4.78 is 29.2. The molecule has 8 nitrogen and oxygen atoms in total. The fraction of sp³-hybridized carbons (Fsp3) is 0.304. The van der Waals surface area contributed by atoms with E-state index >= 15 is 0 Å². The molecule has 1 fully saturated rings. The molecule has 1 saturated heterocycles. The van der Waals surface area contributed by atoms with Crippen LogP contribution in [0.3, 0.4) is 0 Å². The maximum atomic E-state index is 12.9. The van der Waals surface area contributed by atoms with Crippen molar-refractivity contribution in [2.75, 3.05) is 5.32 Å². The zero-order valence-electron chi connectivity index (χ0n) is 17.8. The lowest BCUT2D eigenvalue weighted by atomic mass is 10.0. The number of carbonyl (C=O) groups excluding carboxylic acids is 4. The van der Waals surface area contributed by atoms with Crippen LogP contribution in [0.15, 0.2) is 36.4 Å². The number of hydrogen-bond donors (Lipinski definition) is 2. The standard InChI is InChI=1S/C23H20ClF2N3O5/c24-14-8-15(10-16(9-14)34-23(25)26)27-19(30)5-2-12-1-3-13-11-29(22(33)17(13)7-12)18-4-6-20(31)28-21(18)32/h1,3,7-10,18,23H,2,4-6,11H2,(H,27,30)(H,28,31,32). The first-order valence-electron chi connectivity index (χ1n) is 10.5. The van der Waals surface area contributed by atoms with Gasteiger partial charge in [-0.2, -0.15) is 8.78 Å². The smallest absolute Gasteiger partial charge is 0.387 e. The molecule has 2 aliphatic heterocycles. The number of benzene rings is 2. The molecule has 4 amide bonds. The van der Waals surface area contributed by atoms with Crippen molar-refractivity contribution in [2.24, 2.45) is 0 Å². The van der Waals surface area contributed by atoms with Crippen LogP contribution in [0.5, 0.6) is 5.75 Å². The number of alkyl halides is 2. The molecule has 0 radical (unpaired) electrons. The fourth-order valence-electron chi connectivity index (χ4n) is 4.04. The number of fused-ring (bicyclic) bond motifs is 1. The Morgan fingerprint density at radius 2 is 2.00 bits per heavy atom. The SMILES string of the molecule is O=C1CCC(N2Cc3ccc(CCC(=O)Nc4cc(Cl)cc(OC(F)F)c4)cc3C2=O)C(=O)N1. The highest BCUT2D eigenvalue weighted by molar-refractivity contribution is 6.31. The molecular weight excluding hydrogens is 472 g/mol. The van der Waals surface area contributed by atoms with Crippen LogP contribution < -0.4 is 15.4 Å². The van der Waals surface area contributed by atoms with Crippen LogP contribution in [0, 0.1) is 0 Å². The summed E-state index contributed by atoms with van der Waals surface area (Å²) in [5.74, 6) is -1.65. The summed E-state index contributed by atoms with van der Waals surface area (Å²) in [7, 11) is 0. The van der Waals surface area contributed by atoms with Crippen molar-refractivity contribution in [3.8, 4) is 5.75 Å². The summed E-state index contributed by atoms with van der Waals surface area (Å²) in [6, 6.07) is 8.47. The molecule has 2 aromatic rings. The maximum absolute atomic E-state index is 12.9. The summed E-state index contributed by atoms with van der Waals surface area (Å²) in [6.07, 6.45) is 0.859. The van der Waals surface area contributed by atoms with E-state index in [1.807, 2.05) is 0 Å². The van der Waals surface area contributed by atoms with Gasteiger partial charge in [0.1, 0.15) is 11.8 Å². The van der Waals surface area contributed by atoms with Gasteiger partial charge in [-0.3, -0.25) is 24.5 Å². The monoisotopic (exact) mass is 491 g/mol. The summed E-state index contributed by atoms with van der Waals surface area (Å²) in [5, 5.41) is 4.99. The predicted octanol–water partition coefficient (Wildman–Crippen LogP) is 3.27. The van der Waals surface area contributed by atoms with E-state index in [1.54, 1.807) is 18.2 Å². The maximum Gasteiger partial charge on any atom is 0.387 e. The Morgan fingerprint density at radius 3 is 2.74 bits per heavy atom. The minimum Gasteiger partial charge on any atom is -0.435 e. The number of amides is 4. The van der Waals surface area contributed by atoms with E-state index in [1.165, 1.54) is 23.1 Å². The number of nitrogens with zero attached hydrogens (tertiary/aromatic N) is 1. The molecule has 34 heavy (non-hydrogen) atoms. The van der Waals surface area contributed by atoms with Crippen molar-refractivity contribution in [1.82, 2.24) is 10.2 Å². The third-order valence-corrected chi connectivity index (χ3v) is 5.83. The molecule has 2 N–H and O–H groups in total. The van der Waals surface area contributed by atoms with Crippen LogP contribution in [0.2, 0.25) is 5.02 Å². The van der Waals surface area contributed by atoms with Gasteiger partial charge < -0.3 is 15.0 Å². The lowest BCUT2D eigenvalue weighted by molar-refractivity contribution is -0.137. The number of aryl methyl sites for hydroxylation is 1. The van der Waals surface area contributed by atoms with Gasteiger partial charge in [0.2, 0.25) is 17.7 Å². The van der Waals surface area contributed by atoms with Crippen LogP contribution in [0.25, 0.3) is 0 Å². The Kier molecular flexibility index (Phi) is 6.78. The second-order valence-corrected chi connectivity index (χ2v) is 8.43. The molecule has 4 rings (SSSR count).